The van der Waals surface area contributed by atoms with E-state index in [1.54, 1.807) is 4.90 Å². The average Bonchev–Trinajstić information content (AvgIpc) is 3.39. The van der Waals surface area contributed by atoms with Gasteiger partial charge in [-0.25, -0.2) is 8.78 Å². The van der Waals surface area contributed by atoms with Gasteiger partial charge in [0.1, 0.15) is 6.04 Å². The summed E-state index contributed by atoms with van der Waals surface area (Å²) >= 11 is 0. The topological polar surface area (TPSA) is 78.5 Å². The first-order valence-electron chi connectivity index (χ1n) is 10.3. The molecule has 162 valence electrons. The SMILES string of the molecule is CNC(=O)C(NC(=O)C1CC(=O)N(c2ccc3c(c2)CCC3)C1)c1ccc(F)c(F)c1. The van der Waals surface area contributed by atoms with Gasteiger partial charge in [-0.15, -0.1) is 0 Å². The third-order valence-electron chi connectivity index (χ3n) is 5.96. The molecule has 1 aliphatic carbocycles. The summed E-state index contributed by atoms with van der Waals surface area (Å²) in [5.41, 5.74) is 3.41. The Morgan fingerprint density at radius 1 is 1.06 bits per heavy atom. The Morgan fingerprint density at radius 2 is 1.84 bits per heavy atom. The lowest BCUT2D eigenvalue weighted by Crippen LogP contribution is -2.42. The zero-order valence-corrected chi connectivity index (χ0v) is 17.1. The highest BCUT2D eigenvalue weighted by Crippen LogP contribution is 2.31. The first-order chi connectivity index (χ1) is 14.9. The number of amides is 3. The van der Waals surface area contributed by atoms with E-state index in [1.165, 1.54) is 24.2 Å². The number of nitrogens with one attached hydrogen (secondary N) is 2. The molecule has 0 spiro atoms. The molecular weight excluding hydrogens is 404 g/mol. The zero-order chi connectivity index (χ0) is 22.1. The van der Waals surface area contributed by atoms with Gasteiger partial charge in [0.15, 0.2) is 11.6 Å². The van der Waals surface area contributed by atoms with E-state index >= 15 is 0 Å². The highest BCUT2D eigenvalue weighted by Gasteiger charge is 2.37. The van der Waals surface area contributed by atoms with Crippen LogP contribution in [0.4, 0.5) is 14.5 Å². The van der Waals surface area contributed by atoms with Crippen LogP contribution < -0.4 is 15.5 Å². The zero-order valence-electron chi connectivity index (χ0n) is 17.1. The van der Waals surface area contributed by atoms with Gasteiger partial charge in [0.25, 0.3) is 0 Å². The Balaban J connectivity index is 1.50. The number of carbonyl (C=O) groups excluding carboxylic acids is 3. The number of aryl methyl sites for hydroxylation is 2. The smallest absolute Gasteiger partial charge is 0.246 e. The number of benzene rings is 2. The summed E-state index contributed by atoms with van der Waals surface area (Å²) in [6.45, 7) is 0.196. The number of fused-ring (bicyclic) bond motifs is 1. The maximum absolute atomic E-state index is 13.7. The predicted molar refractivity (Wildman–Crippen MR) is 110 cm³/mol. The predicted octanol–water partition coefficient (Wildman–Crippen LogP) is 2.41. The van der Waals surface area contributed by atoms with Gasteiger partial charge in [-0.3, -0.25) is 14.4 Å². The molecule has 0 saturated carbocycles. The minimum absolute atomic E-state index is 0.0150. The van der Waals surface area contributed by atoms with E-state index in [1.807, 2.05) is 18.2 Å². The van der Waals surface area contributed by atoms with Gasteiger partial charge in [-0.05, 0) is 60.2 Å². The molecule has 2 aliphatic rings. The summed E-state index contributed by atoms with van der Waals surface area (Å²) in [5.74, 6) is -4.04. The van der Waals surface area contributed by atoms with Gasteiger partial charge >= 0.3 is 0 Å². The van der Waals surface area contributed by atoms with Gasteiger partial charge in [-0.2, -0.15) is 0 Å². The van der Waals surface area contributed by atoms with Crippen LogP contribution in [0.15, 0.2) is 36.4 Å². The normalized spacial score (nSPS) is 18.6. The molecule has 8 heteroatoms. The van der Waals surface area contributed by atoms with Crippen LogP contribution in [0, 0.1) is 17.6 Å². The Labute approximate surface area is 178 Å². The van der Waals surface area contributed by atoms with E-state index in [4.69, 9.17) is 0 Å². The van der Waals surface area contributed by atoms with Crippen molar-refractivity contribution in [1.29, 1.82) is 0 Å². The lowest BCUT2D eigenvalue weighted by Gasteiger charge is -2.21. The van der Waals surface area contributed by atoms with Crippen LogP contribution in [0.2, 0.25) is 0 Å². The van der Waals surface area contributed by atoms with Gasteiger partial charge in [0.05, 0.1) is 5.92 Å². The number of carbonyl (C=O) groups is 3. The van der Waals surface area contributed by atoms with Crippen LogP contribution in [-0.2, 0) is 27.2 Å². The number of hydrogen-bond acceptors (Lipinski definition) is 3. The van der Waals surface area contributed by atoms with E-state index in [0.717, 1.165) is 37.1 Å². The first kappa shape index (κ1) is 21.0. The minimum Gasteiger partial charge on any atom is -0.357 e. The number of rotatable bonds is 5. The quantitative estimate of drug-likeness (QED) is 0.769. The third-order valence-corrected chi connectivity index (χ3v) is 5.96. The summed E-state index contributed by atoms with van der Waals surface area (Å²) in [5, 5.41) is 5.00. The van der Waals surface area contributed by atoms with Crippen molar-refractivity contribution in [3.63, 3.8) is 0 Å². The second kappa shape index (κ2) is 8.45. The van der Waals surface area contributed by atoms with Crippen molar-refractivity contribution < 1.29 is 23.2 Å². The van der Waals surface area contributed by atoms with Crippen LogP contribution in [0.1, 0.15) is 35.6 Å². The van der Waals surface area contributed by atoms with Gasteiger partial charge in [0, 0.05) is 25.7 Å². The Morgan fingerprint density at radius 3 is 2.58 bits per heavy atom. The van der Waals surface area contributed by atoms with Gasteiger partial charge < -0.3 is 15.5 Å². The molecular formula is C23H23F2N3O3. The van der Waals surface area contributed by atoms with E-state index in [0.29, 0.717) is 0 Å². The number of anilines is 1. The first-order valence-corrected chi connectivity index (χ1v) is 10.3. The molecule has 0 aromatic heterocycles. The highest BCUT2D eigenvalue weighted by molar-refractivity contribution is 6.01. The molecule has 1 fully saturated rings. The average molecular weight is 427 g/mol. The molecule has 3 amide bonds. The molecule has 1 aliphatic heterocycles. The summed E-state index contributed by atoms with van der Waals surface area (Å²) in [4.78, 5) is 39.4. The number of halogens is 2. The lowest BCUT2D eigenvalue weighted by atomic mass is 10.0. The summed E-state index contributed by atoms with van der Waals surface area (Å²) in [6.07, 6.45) is 3.14. The van der Waals surface area contributed by atoms with Gasteiger partial charge in [0.2, 0.25) is 17.7 Å². The molecule has 0 bridgehead atoms. The van der Waals surface area contributed by atoms with Crippen molar-refractivity contribution in [2.75, 3.05) is 18.5 Å². The standard InChI is InChI=1S/C23H23F2N3O3/c1-26-23(31)21(15-6-8-18(24)19(25)10-15)27-22(30)16-11-20(29)28(12-16)17-7-5-13-3-2-4-14(13)9-17/h5-10,16,21H,2-4,11-12H2,1H3,(H,26,31)(H,27,30). The lowest BCUT2D eigenvalue weighted by molar-refractivity contribution is -0.131. The molecule has 6 nitrogen and oxygen atoms in total. The Hall–Kier alpha value is -3.29. The maximum atomic E-state index is 13.7. The van der Waals surface area contributed by atoms with E-state index in [9.17, 15) is 23.2 Å². The van der Waals surface area contributed by atoms with Crippen LogP contribution in [0.5, 0.6) is 0 Å². The maximum Gasteiger partial charge on any atom is 0.246 e. The minimum atomic E-state index is -1.20. The fourth-order valence-electron chi connectivity index (χ4n) is 4.26. The molecule has 1 heterocycles. The van der Waals surface area contributed by atoms with Crippen LogP contribution in [-0.4, -0.2) is 31.3 Å². The largest absolute Gasteiger partial charge is 0.357 e. The molecule has 0 radical (unpaired) electrons. The molecule has 2 N–H and O–H groups in total. The van der Waals surface area contributed by atoms with Crippen molar-refractivity contribution >= 4 is 23.4 Å². The summed E-state index contributed by atoms with van der Waals surface area (Å²) < 4.78 is 26.9. The fraction of sp³-hybridized carbons (Fsp3) is 0.348. The van der Waals surface area contributed by atoms with Gasteiger partial charge in [-0.1, -0.05) is 12.1 Å². The molecule has 1 saturated heterocycles. The van der Waals surface area contributed by atoms with Crippen molar-refractivity contribution in [2.24, 2.45) is 5.92 Å². The van der Waals surface area contributed by atoms with E-state index < -0.39 is 35.4 Å². The van der Waals surface area contributed by atoms with Crippen LogP contribution in [0.25, 0.3) is 0 Å². The van der Waals surface area contributed by atoms with Crippen molar-refractivity contribution in [3.8, 4) is 0 Å². The van der Waals surface area contributed by atoms with Crippen LogP contribution in [0.3, 0.4) is 0 Å². The monoisotopic (exact) mass is 427 g/mol. The van der Waals surface area contributed by atoms with Crippen LogP contribution >= 0.6 is 0 Å². The fourth-order valence-corrected chi connectivity index (χ4v) is 4.26. The summed E-state index contributed by atoms with van der Waals surface area (Å²) in [6, 6.07) is 7.77. The summed E-state index contributed by atoms with van der Waals surface area (Å²) in [7, 11) is 1.38. The molecule has 2 unspecified atom stereocenters. The number of likely N-dealkylation sites (N-methyl/N-ethyl adjacent to an activating group) is 1. The van der Waals surface area contributed by atoms with E-state index in [-0.39, 0.29) is 24.4 Å². The number of hydrogen-bond donors (Lipinski definition) is 2. The third kappa shape index (κ3) is 4.15. The molecule has 31 heavy (non-hydrogen) atoms. The Bertz CT molecular complexity index is 1060. The second-order valence-electron chi connectivity index (χ2n) is 7.94. The van der Waals surface area contributed by atoms with Crippen molar-refractivity contribution in [1.82, 2.24) is 10.6 Å². The van der Waals surface area contributed by atoms with Crippen molar-refractivity contribution in [3.05, 3.63) is 64.7 Å². The Kier molecular flexibility index (Phi) is 5.71. The van der Waals surface area contributed by atoms with E-state index in [2.05, 4.69) is 10.6 Å². The molecule has 2 atom stereocenters. The highest BCUT2D eigenvalue weighted by atomic mass is 19.2. The number of nitrogens with zero attached hydrogens (tertiary/aromatic N) is 1. The molecule has 2 aromatic carbocycles. The molecule has 2 aromatic rings. The molecule has 4 rings (SSSR count). The second-order valence-corrected chi connectivity index (χ2v) is 7.94. The van der Waals surface area contributed by atoms with Crippen molar-refractivity contribution in [2.45, 2.75) is 31.7 Å².